The summed E-state index contributed by atoms with van der Waals surface area (Å²) in [6.45, 7) is 1.86. The number of imide groups is 1. The van der Waals surface area contributed by atoms with Gasteiger partial charge in [0.05, 0.1) is 18.4 Å². The van der Waals surface area contributed by atoms with Gasteiger partial charge in [-0.2, -0.15) is 0 Å². The molecule has 10 heteroatoms. The van der Waals surface area contributed by atoms with E-state index in [9.17, 15) is 19.2 Å². The monoisotopic (exact) mass is 523 g/mol. The van der Waals surface area contributed by atoms with Gasteiger partial charge in [-0.1, -0.05) is 35.3 Å². The van der Waals surface area contributed by atoms with Gasteiger partial charge in [0.15, 0.2) is 0 Å². The third kappa shape index (κ3) is 4.95. The van der Waals surface area contributed by atoms with Crippen LogP contribution in [-0.4, -0.2) is 30.8 Å². The molecule has 36 heavy (non-hydrogen) atoms. The number of esters is 1. The average molecular weight is 524 g/mol. The molecule has 4 rings (SSSR count). The highest BCUT2D eigenvalue weighted by molar-refractivity contribution is 6.53. The fraction of sp³-hybridized carbons (Fsp3) is 0.0769. The Balaban J connectivity index is 1.51. The van der Waals surface area contributed by atoms with E-state index in [1.54, 1.807) is 36.4 Å². The van der Waals surface area contributed by atoms with Gasteiger partial charge in [0.1, 0.15) is 10.7 Å². The van der Waals surface area contributed by atoms with Gasteiger partial charge in [-0.25, -0.2) is 9.69 Å². The van der Waals surface area contributed by atoms with E-state index in [-0.39, 0.29) is 27.9 Å². The van der Waals surface area contributed by atoms with Crippen LogP contribution in [0.2, 0.25) is 5.02 Å². The van der Waals surface area contributed by atoms with Crippen LogP contribution in [0.15, 0.2) is 77.5 Å². The number of benzene rings is 3. The first-order valence-electron chi connectivity index (χ1n) is 10.6. The van der Waals surface area contributed by atoms with Gasteiger partial charge in [-0.3, -0.25) is 14.4 Å². The molecule has 8 nitrogen and oxygen atoms in total. The van der Waals surface area contributed by atoms with Crippen LogP contribution < -0.4 is 15.5 Å². The Bertz CT molecular complexity index is 1430. The van der Waals surface area contributed by atoms with Gasteiger partial charge < -0.3 is 15.4 Å². The summed E-state index contributed by atoms with van der Waals surface area (Å²) in [7, 11) is 1.25. The molecule has 2 N–H and O–H groups in total. The van der Waals surface area contributed by atoms with Gasteiger partial charge in [0, 0.05) is 22.0 Å². The fourth-order valence-corrected chi connectivity index (χ4v) is 3.86. The average Bonchev–Trinajstić information content (AvgIpc) is 3.09. The van der Waals surface area contributed by atoms with Crippen molar-refractivity contribution < 1.29 is 23.9 Å². The Morgan fingerprint density at radius 1 is 0.861 bits per heavy atom. The molecule has 0 aromatic heterocycles. The van der Waals surface area contributed by atoms with Crippen LogP contribution in [0.25, 0.3) is 0 Å². The predicted molar refractivity (Wildman–Crippen MR) is 137 cm³/mol. The Morgan fingerprint density at radius 3 is 2.25 bits per heavy atom. The number of rotatable bonds is 6. The topological polar surface area (TPSA) is 105 Å². The van der Waals surface area contributed by atoms with Gasteiger partial charge in [-0.15, -0.1) is 0 Å². The third-order valence-electron chi connectivity index (χ3n) is 5.40. The number of aryl methyl sites for hydroxylation is 1. The van der Waals surface area contributed by atoms with Crippen LogP contribution in [0.4, 0.5) is 17.1 Å². The maximum atomic E-state index is 13.0. The van der Waals surface area contributed by atoms with Crippen molar-refractivity contribution in [3.8, 4) is 0 Å². The van der Waals surface area contributed by atoms with E-state index in [0.717, 1.165) is 10.5 Å². The van der Waals surface area contributed by atoms with Crippen molar-refractivity contribution in [1.29, 1.82) is 0 Å². The second-order valence-electron chi connectivity index (χ2n) is 7.80. The van der Waals surface area contributed by atoms with E-state index in [0.29, 0.717) is 22.0 Å². The van der Waals surface area contributed by atoms with Crippen LogP contribution in [0, 0.1) is 6.92 Å². The number of methoxy groups -OCH3 is 1. The lowest BCUT2D eigenvalue weighted by Crippen LogP contribution is -2.32. The Labute approximate surface area is 216 Å². The highest BCUT2D eigenvalue weighted by Gasteiger charge is 2.39. The molecule has 3 aromatic carbocycles. The maximum Gasteiger partial charge on any atom is 0.337 e. The third-order valence-corrected chi connectivity index (χ3v) is 6.16. The van der Waals surface area contributed by atoms with E-state index in [1.165, 1.54) is 37.4 Å². The van der Waals surface area contributed by atoms with Gasteiger partial charge in [0.25, 0.3) is 17.7 Å². The molecule has 0 saturated carbocycles. The summed E-state index contributed by atoms with van der Waals surface area (Å²) in [5.41, 5.74) is 2.46. The lowest BCUT2D eigenvalue weighted by atomic mass is 10.1. The molecule has 1 heterocycles. The second kappa shape index (κ2) is 10.2. The first-order chi connectivity index (χ1) is 17.2. The molecule has 0 bridgehead atoms. The molecule has 1 aliphatic heterocycles. The number of nitrogens with one attached hydrogen (secondary N) is 2. The molecule has 3 amide bonds. The highest BCUT2D eigenvalue weighted by Crippen LogP contribution is 2.30. The zero-order chi connectivity index (χ0) is 26.0. The van der Waals surface area contributed by atoms with E-state index in [2.05, 4.69) is 15.4 Å². The van der Waals surface area contributed by atoms with Crippen molar-refractivity contribution in [2.24, 2.45) is 0 Å². The minimum Gasteiger partial charge on any atom is -0.465 e. The van der Waals surface area contributed by atoms with Crippen molar-refractivity contribution >= 4 is 64.0 Å². The highest BCUT2D eigenvalue weighted by atomic mass is 35.5. The number of halogens is 2. The summed E-state index contributed by atoms with van der Waals surface area (Å²) >= 11 is 12.3. The number of hydrogen-bond donors (Lipinski definition) is 2. The van der Waals surface area contributed by atoms with Crippen LogP contribution in [0.1, 0.15) is 26.3 Å². The molecule has 0 fully saturated rings. The zero-order valence-corrected chi connectivity index (χ0v) is 20.6. The number of nitrogens with zero attached hydrogens (tertiary/aromatic N) is 1. The summed E-state index contributed by atoms with van der Waals surface area (Å²) in [5, 5.41) is 5.83. The van der Waals surface area contributed by atoms with Crippen molar-refractivity contribution in [3.63, 3.8) is 0 Å². The second-order valence-corrected chi connectivity index (χ2v) is 8.58. The van der Waals surface area contributed by atoms with Crippen molar-refractivity contribution in [2.45, 2.75) is 6.92 Å². The first-order valence-corrected chi connectivity index (χ1v) is 11.4. The van der Waals surface area contributed by atoms with E-state index in [1.807, 2.05) is 6.92 Å². The zero-order valence-electron chi connectivity index (χ0n) is 19.1. The number of ether oxygens (including phenoxy) is 1. The lowest BCUT2D eigenvalue weighted by Gasteiger charge is -2.15. The quantitative estimate of drug-likeness (QED) is 0.343. The van der Waals surface area contributed by atoms with E-state index < -0.39 is 17.8 Å². The van der Waals surface area contributed by atoms with Crippen molar-refractivity contribution in [1.82, 2.24) is 0 Å². The summed E-state index contributed by atoms with van der Waals surface area (Å²) in [6, 6.07) is 17.3. The van der Waals surface area contributed by atoms with Crippen LogP contribution >= 0.6 is 23.2 Å². The van der Waals surface area contributed by atoms with Crippen LogP contribution in [0.5, 0.6) is 0 Å². The predicted octanol–water partition coefficient (Wildman–Crippen LogP) is 5.12. The minimum absolute atomic E-state index is 0.137. The largest absolute Gasteiger partial charge is 0.465 e. The smallest absolute Gasteiger partial charge is 0.337 e. The number of anilines is 3. The summed E-state index contributed by atoms with van der Waals surface area (Å²) in [5.74, 6) is -2.34. The molecule has 1 aliphatic rings. The Hall–Kier alpha value is -4.14. The molecule has 182 valence electrons. The Morgan fingerprint density at radius 2 is 1.58 bits per heavy atom. The molecule has 0 spiro atoms. The van der Waals surface area contributed by atoms with Gasteiger partial charge in [0.2, 0.25) is 0 Å². The SMILES string of the molecule is COC(=O)c1ccc(N2C(=O)C(Cl)=C(Nc3cccc(C(=O)Nc4ccc(C)c(Cl)c4)c3)C2=O)cc1. The van der Waals surface area contributed by atoms with Gasteiger partial charge in [-0.05, 0) is 67.1 Å². The maximum absolute atomic E-state index is 13.0. The summed E-state index contributed by atoms with van der Waals surface area (Å²) < 4.78 is 4.65. The van der Waals surface area contributed by atoms with Gasteiger partial charge >= 0.3 is 5.97 Å². The normalized spacial score (nSPS) is 13.2. The molecule has 3 aromatic rings. The molecule has 0 unspecified atom stereocenters. The number of hydrogen-bond acceptors (Lipinski definition) is 6. The number of carbonyl (C=O) groups is 4. The number of amides is 3. The van der Waals surface area contributed by atoms with E-state index in [4.69, 9.17) is 23.2 Å². The molecule has 0 aliphatic carbocycles. The van der Waals surface area contributed by atoms with E-state index >= 15 is 0 Å². The molecular weight excluding hydrogens is 505 g/mol. The molecule has 0 radical (unpaired) electrons. The first kappa shape index (κ1) is 25.0. The van der Waals surface area contributed by atoms with Crippen LogP contribution in [0.3, 0.4) is 0 Å². The number of carbonyl (C=O) groups excluding carboxylic acids is 4. The van der Waals surface area contributed by atoms with Crippen molar-refractivity contribution in [3.05, 3.63) is 99.2 Å². The lowest BCUT2D eigenvalue weighted by molar-refractivity contribution is -0.120. The van der Waals surface area contributed by atoms with Crippen molar-refractivity contribution in [2.75, 3.05) is 22.6 Å². The molecule has 0 atom stereocenters. The standard InChI is InChI=1S/C26H19Cl2N3O5/c1-14-6-9-18(13-20(14)27)30-23(32)16-4-3-5-17(12-16)29-22-21(28)24(33)31(25(22)34)19-10-7-15(8-11-19)26(35)36-2/h3-13,29H,1-2H3,(H,30,32). The molecular formula is C26H19Cl2N3O5. The summed E-state index contributed by atoms with van der Waals surface area (Å²) in [6.07, 6.45) is 0. The molecule has 0 saturated heterocycles. The minimum atomic E-state index is -0.722. The fourth-order valence-electron chi connectivity index (χ4n) is 3.47. The van der Waals surface area contributed by atoms with Crippen LogP contribution in [-0.2, 0) is 14.3 Å². The summed E-state index contributed by atoms with van der Waals surface area (Å²) in [4.78, 5) is 51.0. The Kier molecular flexibility index (Phi) is 7.10.